The van der Waals surface area contributed by atoms with Gasteiger partial charge in [0.25, 0.3) is 0 Å². The van der Waals surface area contributed by atoms with Crippen LogP contribution in [0.4, 0.5) is 4.79 Å². The highest BCUT2D eigenvalue weighted by atomic mass is 16.5. The molecule has 4 aliphatic rings. The van der Waals surface area contributed by atoms with E-state index in [-0.39, 0.29) is 37.1 Å². The van der Waals surface area contributed by atoms with E-state index >= 15 is 0 Å². The number of aliphatic carboxylic acids is 1. The van der Waals surface area contributed by atoms with Gasteiger partial charge in [0.15, 0.2) is 0 Å². The number of benzene rings is 3. The normalized spacial score (nSPS) is 22.7. The Morgan fingerprint density at radius 1 is 0.800 bits per heavy atom. The standard InChI is InChI=1S/C33H34N2O5/c36-29(37)21-35(20-23-8-2-1-3-9-23)30(38)32-14-17-33(18-15-32,19-16-32)34-31(39)40-22-28-26-12-6-4-10-24(26)25-11-5-7-13-27(25)28/h1-13,28H,14-22H2,(H,34,39)(H,36,37). The van der Waals surface area contributed by atoms with Crippen molar-refractivity contribution in [1.29, 1.82) is 0 Å². The van der Waals surface area contributed by atoms with Gasteiger partial charge in [-0.3, -0.25) is 9.59 Å². The van der Waals surface area contributed by atoms with Crippen molar-refractivity contribution in [2.75, 3.05) is 13.2 Å². The van der Waals surface area contributed by atoms with Gasteiger partial charge < -0.3 is 20.1 Å². The lowest BCUT2D eigenvalue weighted by molar-refractivity contribution is -0.155. The van der Waals surface area contributed by atoms with Gasteiger partial charge in [0, 0.05) is 23.4 Å². The number of alkyl carbamates (subject to hydrolysis) is 1. The number of amides is 2. The van der Waals surface area contributed by atoms with Gasteiger partial charge >= 0.3 is 12.1 Å². The lowest BCUT2D eigenvalue weighted by Gasteiger charge is -2.53. The van der Waals surface area contributed by atoms with E-state index < -0.39 is 17.5 Å². The van der Waals surface area contributed by atoms with Crippen LogP contribution in [0.3, 0.4) is 0 Å². The van der Waals surface area contributed by atoms with Crippen LogP contribution in [0.15, 0.2) is 78.9 Å². The van der Waals surface area contributed by atoms with Crippen molar-refractivity contribution in [3.05, 3.63) is 95.6 Å². The summed E-state index contributed by atoms with van der Waals surface area (Å²) in [5.41, 5.74) is 4.68. The second kappa shape index (κ2) is 10.5. The molecule has 2 bridgehead atoms. The Morgan fingerprint density at radius 3 is 1.93 bits per heavy atom. The molecule has 2 N–H and O–H groups in total. The molecule has 3 aromatic carbocycles. The molecule has 0 aliphatic heterocycles. The number of nitrogens with zero attached hydrogens (tertiary/aromatic N) is 1. The van der Waals surface area contributed by atoms with Crippen LogP contribution >= 0.6 is 0 Å². The van der Waals surface area contributed by atoms with E-state index in [2.05, 4.69) is 29.6 Å². The Morgan fingerprint density at radius 2 is 1.35 bits per heavy atom. The fraction of sp³-hybridized carbons (Fsp3) is 0.364. The van der Waals surface area contributed by atoms with Crippen LogP contribution in [0.1, 0.15) is 61.1 Å². The zero-order chi connectivity index (χ0) is 27.7. The van der Waals surface area contributed by atoms with E-state index in [1.54, 1.807) is 0 Å². The summed E-state index contributed by atoms with van der Waals surface area (Å²) < 4.78 is 5.82. The summed E-state index contributed by atoms with van der Waals surface area (Å²) in [6.07, 6.45) is 3.49. The number of carbonyl (C=O) groups is 3. The number of rotatable bonds is 8. The molecular weight excluding hydrogens is 504 g/mol. The Kier molecular flexibility index (Phi) is 6.82. The minimum absolute atomic E-state index is 0.00321. The van der Waals surface area contributed by atoms with E-state index in [0.717, 1.165) is 5.56 Å². The molecule has 206 valence electrons. The molecule has 0 radical (unpaired) electrons. The Balaban J connectivity index is 1.08. The number of ether oxygens (including phenoxy) is 1. The summed E-state index contributed by atoms with van der Waals surface area (Å²) in [6, 6.07) is 26.0. The second-order valence-electron chi connectivity index (χ2n) is 11.6. The smallest absolute Gasteiger partial charge is 0.407 e. The summed E-state index contributed by atoms with van der Waals surface area (Å²) >= 11 is 0. The topological polar surface area (TPSA) is 95.9 Å². The van der Waals surface area contributed by atoms with Crippen LogP contribution in [0.5, 0.6) is 0 Å². The summed E-state index contributed by atoms with van der Waals surface area (Å²) in [6.45, 7) is 0.220. The number of carboxylic acids is 1. The second-order valence-corrected chi connectivity index (χ2v) is 11.6. The van der Waals surface area contributed by atoms with Crippen LogP contribution < -0.4 is 5.32 Å². The van der Waals surface area contributed by atoms with Crippen LogP contribution in [0, 0.1) is 5.41 Å². The first-order chi connectivity index (χ1) is 19.4. The molecule has 3 saturated carbocycles. The van der Waals surface area contributed by atoms with Crippen molar-refractivity contribution >= 4 is 18.0 Å². The van der Waals surface area contributed by atoms with Gasteiger partial charge in [-0.1, -0.05) is 78.9 Å². The number of carbonyl (C=O) groups excluding carboxylic acids is 2. The van der Waals surface area contributed by atoms with Crippen molar-refractivity contribution in [3.8, 4) is 11.1 Å². The highest BCUT2D eigenvalue weighted by Gasteiger charge is 2.54. The minimum Gasteiger partial charge on any atom is -0.480 e. The quantitative estimate of drug-likeness (QED) is 0.382. The van der Waals surface area contributed by atoms with Crippen LogP contribution in [-0.2, 0) is 20.9 Å². The van der Waals surface area contributed by atoms with E-state index in [0.29, 0.717) is 38.5 Å². The zero-order valence-electron chi connectivity index (χ0n) is 22.5. The van der Waals surface area contributed by atoms with Crippen molar-refractivity contribution < 1.29 is 24.2 Å². The van der Waals surface area contributed by atoms with Gasteiger partial charge in [-0.25, -0.2) is 4.79 Å². The summed E-state index contributed by atoms with van der Waals surface area (Å²) in [7, 11) is 0. The van der Waals surface area contributed by atoms with Gasteiger partial charge in [0.05, 0.1) is 0 Å². The molecule has 2 amide bonds. The van der Waals surface area contributed by atoms with E-state index in [1.165, 1.54) is 27.2 Å². The number of hydrogen-bond donors (Lipinski definition) is 2. The summed E-state index contributed by atoms with van der Waals surface area (Å²) in [5, 5.41) is 12.7. The maximum atomic E-state index is 13.7. The predicted molar refractivity (Wildman–Crippen MR) is 151 cm³/mol. The Hall–Kier alpha value is -4.13. The van der Waals surface area contributed by atoms with E-state index in [1.807, 2.05) is 54.6 Å². The molecule has 40 heavy (non-hydrogen) atoms. The van der Waals surface area contributed by atoms with Gasteiger partial charge in [0.2, 0.25) is 5.91 Å². The molecule has 7 nitrogen and oxygen atoms in total. The molecule has 0 unspecified atom stereocenters. The molecule has 7 rings (SSSR count). The van der Waals surface area contributed by atoms with Crippen molar-refractivity contribution in [2.45, 2.75) is 56.5 Å². The number of hydrogen-bond acceptors (Lipinski definition) is 4. The van der Waals surface area contributed by atoms with Crippen LogP contribution in [0.25, 0.3) is 11.1 Å². The number of nitrogens with one attached hydrogen (secondary N) is 1. The molecule has 4 aliphatic carbocycles. The molecule has 0 aromatic heterocycles. The highest BCUT2D eigenvalue weighted by Crippen LogP contribution is 2.53. The molecule has 0 atom stereocenters. The first kappa shape index (κ1) is 26.1. The maximum Gasteiger partial charge on any atom is 0.407 e. The average molecular weight is 539 g/mol. The Bertz CT molecular complexity index is 1370. The maximum absolute atomic E-state index is 13.7. The third-order valence-corrected chi connectivity index (χ3v) is 9.24. The van der Waals surface area contributed by atoms with E-state index in [4.69, 9.17) is 4.74 Å². The lowest BCUT2D eigenvalue weighted by atomic mass is 9.56. The van der Waals surface area contributed by atoms with Gasteiger partial charge in [-0.05, 0) is 66.3 Å². The van der Waals surface area contributed by atoms with Crippen molar-refractivity contribution in [3.63, 3.8) is 0 Å². The molecule has 3 fully saturated rings. The van der Waals surface area contributed by atoms with E-state index in [9.17, 15) is 19.5 Å². The van der Waals surface area contributed by atoms with Gasteiger partial charge in [-0.15, -0.1) is 0 Å². The number of carboxylic acid groups (broad SMARTS) is 1. The zero-order valence-corrected chi connectivity index (χ0v) is 22.5. The monoisotopic (exact) mass is 538 g/mol. The molecular formula is C33H34N2O5. The lowest BCUT2D eigenvalue weighted by Crippen LogP contribution is -2.60. The molecule has 0 saturated heterocycles. The van der Waals surface area contributed by atoms with Gasteiger partial charge in [-0.2, -0.15) is 0 Å². The molecule has 0 heterocycles. The third kappa shape index (κ3) is 4.85. The van der Waals surface area contributed by atoms with Crippen molar-refractivity contribution in [2.24, 2.45) is 5.41 Å². The highest BCUT2D eigenvalue weighted by molar-refractivity contribution is 5.86. The number of fused-ring (bicyclic) bond motifs is 6. The fourth-order valence-electron chi connectivity index (χ4n) is 7.05. The summed E-state index contributed by atoms with van der Waals surface area (Å²) in [5.74, 6) is -1.10. The molecule has 7 heteroatoms. The predicted octanol–water partition coefficient (Wildman–Crippen LogP) is 5.73. The minimum atomic E-state index is -1.02. The fourth-order valence-corrected chi connectivity index (χ4v) is 7.05. The van der Waals surface area contributed by atoms with Crippen LogP contribution in [-0.4, -0.2) is 46.7 Å². The SMILES string of the molecule is O=C(O)CN(Cc1ccccc1)C(=O)C12CCC(NC(=O)OCC3c4ccccc4-c4ccccc43)(CC1)CC2. The molecule has 3 aromatic rings. The Labute approximate surface area is 234 Å². The molecule has 0 spiro atoms. The van der Waals surface area contributed by atoms with Crippen LogP contribution in [0.2, 0.25) is 0 Å². The first-order valence-electron chi connectivity index (χ1n) is 14.1. The van der Waals surface area contributed by atoms with Crippen molar-refractivity contribution in [1.82, 2.24) is 10.2 Å². The largest absolute Gasteiger partial charge is 0.480 e. The van der Waals surface area contributed by atoms with Gasteiger partial charge in [0.1, 0.15) is 13.2 Å². The average Bonchev–Trinajstić information content (AvgIpc) is 3.30. The third-order valence-electron chi connectivity index (χ3n) is 9.24. The first-order valence-corrected chi connectivity index (χ1v) is 14.1. The summed E-state index contributed by atoms with van der Waals surface area (Å²) in [4.78, 5) is 39.9.